The fourth-order valence-electron chi connectivity index (χ4n) is 3.93. The van der Waals surface area contributed by atoms with Gasteiger partial charge in [0.2, 0.25) is 10.0 Å². The Bertz CT molecular complexity index is 1190. The third-order valence-electron chi connectivity index (χ3n) is 5.78. The van der Waals surface area contributed by atoms with Gasteiger partial charge in [-0.25, -0.2) is 8.42 Å². The van der Waals surface area contributed by atoms with E-state index in [-0.39, 0.29) is 16.8 Å². The second-order valence-corrected chi connectivity index (χ2v) is 10.0. The van der Waals surface area contributed by atoms with E-state index in [0.29, 0.717) is 31.6 Å². The SMILES string of the molecule is CN(C)[C@@H](CNC(=O)c1cccc(S(=O)(=O)N2CCc3ccccc3C2)c1)c1ccco1. The van der Waals surface area contributed by atoms with E-state index in [9.17, 15) is 13.2 Å². The van der Waals surface area contributed by atoms with Crippen LogP contribution in [0.25, 0.3) is 0 Å². The molecule has 1 atom stereocenters. The molecule has 168 valence electrons. The number of nitrogens with one attached hydrogen (secondary N) is 1. The van der Waals surface area contributed by atoms with E-state index in [2.05, 4.69) is 5.32 Å². The van der Waals surface area contributed by atoms with Crippen LogP contribution in [0.5, 0.6) is 0 Å². The summed E-state index contributed by atoms with van der Waals surface area (Å²) in [4.78, 5) is 14.9. The number of furan rings is 1. The van der Waals surface area contributed by atoms with Gasteiger partial charge in [-0.15, -0.1) is 0 Å². The topological polar surface area (TPSA) is 82.9 Å². The molecule has 1 aromatic heterocycles. The predicted octanol–water partition coefficient (Wildman–Crippen LogP) is 3.06. The van der Waals surface area contributed by atoms with Crippen LogP contribution in [0.3, 0.4) is 0 Å². The summed E-state index contributed by atoms with van der Waals surface area (Å²) in [6.07, 6.45) is 2.27. The second kappa shape index (κ2) is 9.28. The molecule has 0 bridgehead atoms. The molecule has 0 unspecified atom stereocenters. The van der Waals surface area contributed by atoms with E-state index in [0.717, 1.165) is 11.3 Å². The highest BCUT2D eigenvalue weighted by Gasteiger charge is 2.29. The molecule has 1 amide bonds. The van der Waals surface area contributed by atoms with Crippen molar-refractivity contribution in [2.24, 2.45) is 0 Å². The number of benzene rings is 2. The van der Waals surface area contributed by atoms with Crippen LogP contribution in [-0.2, 0) is 23.0 Å². The van der Waals surface area contributed by atoms with Crippen molar-refractivity contribution in [3.63, 3.8) is 0 Å². The Hall–Kier alpha value is -2.94. The van der Waals surface area contributed by atoms with E-state index in [1.54, 1.807) is 24.5 Å². The lowest BCUT2D eigenvalue weighted by molar-refractivity contribution is 0.0939. The molecule has 1 N–H and O–H groups in total. The first-order valence-corrected chi connectivity index (χ1v) is 12.0. The van der Waals surface area contributed by atoms with Crippen molar-refractivity contribution in [3.8, 4) is 0 Å². The lowest BCUT2D eigenvalue weighted by Gasteiger charge is -2.28. The molecule has 7 nitrogen and oxygen atoms in total. The number of hydrogen-bond acceptors (Lipinski definition) is 5. The van der Waals surface area contributed by atoms with Gasteiger partial charge < -0.3 is 9.73 Å². The number of fused-ring (bicyclic) bond motifs is 1. The Labute approximate surface area is 188 Å². The number of sulfonamides is 1. The van der Waals surface area contributed by atoms with Crippen LogP contribution in [-0.4, -0.2) is 50.7 Å². The van der Waals surface area contributed by atoms with E-state index in [4.69, 9.17) is 4.42 Å². The van der Waals surface area contributed by atoms with Crippen LogP contribution in [0.4, 0.5) is 0 Å². The quantitative estimate of drug-likeness (QED) is 0.595. The minimum Gasteiger partial charge on any atom is -0.468 e. The summed E-state index contributed by atoms with van der Waals surface area (Å²) < 4.78 is 33.5. The molecule has 0 fully saturated rings. The van der Waals surface area contributed by atoms with Crippen LogP contribution in [0.1, 0.15) is 33.3 Å². The predicted molar refractivity (Wildman–Crippen MR) is 122 cm³/mol. The number of hydrogen-bond donors (Lipinski definition) is 1. The Morgan fingerprint density at radius 1 is 1.09 bits per heavy atom. The number of carbonyl (C=O) groups excluding carboxylic acids is 1. The summed E-state index contributed by atoms with van der Waals surface area (Å²) in [5.74, 6) is 0.418. The van der Waals surface area contributed by atoms with Crippen molar-refractivity contribution in [1.82, 2.24) is 14.5 Å². The molecular formula is C24H27N3O4S. The van der Waals surface area contributed by atoms with Crippen LogP contribution >= 0.6 is 0 Å². The zero-order valence-corrected chi connectivity index (χ0v) is 19.0. The van der Waals surface area contributed by atoms with Gasteiger partial charge >= 0.3 is 0 Å². The number of rotatable bonds is 7. The van der Waals surface area contributed by atoms with Crippen molar-refractivity contribution >= 4 is 15.9 Å². The Morgan fingerprint density at radius 3 is 2.59 bits per heavy atom. The molecule has 0 aliphatic carbocycles. The highest BCUT2D eigenvalue weighted by Crippen LogP contribution is 2.25. The maximum atomic E-state index is 13.3. The molecule has 0 saturated heterocycles. The average Bonchev–Trinajstić information content (AvgIpc) is 3.33. The molecule has 0 radical (unpaired) electrons. The summed E-state index contributed by atoms with van der Waals surface area (Å²) in [5.41, 5.74) is 2.50. The third-order valence-corrected chi connectivity index (χ3v) is 7.62. The van der Waals surface area contributed by atoms with Crippen LogP contribution in [0.15, 0.2) is 76.2 Å². The van der Waals surface area contributed by atoms with E-state index in [1.165, 1.54) is 22.0 Å². The highest BCUT2D eigenvalue weighted by molar-refractivity contribution is 7.89. The van der Waals surface area contributed by atoms with Gasteiger partial charge in [0.25, 0.3) is 5.91 Å². The fourth-order valence-corrected chi connectivity index (χ4v) is 5.40. The van der Waals surface area contributed by atoms with Crippen molar-refractivity contribution in [2.75, 3.05) is 27.2 Å². The zero-order chi connectivity index (χ0) is 22.7. The van der Waals surface area contributed by atoms with Crippen molar-refractivity contribution in [2.45, 2.75) is 23.9 Å². The van der Waals surface area contributed by atoms with Gasteiger partial charge in [0.15, 0.2) is 0 Å². The standard InChI is InChI=1S/C24H27N3O4S/c1-26(2)22(23-11-6-14-31-23)16-25-24(28)19-9-5-10-21(15-19)32(29,30)27-13-12-18-7-3-4-8-20(18)17-27/h3-11,14-15,22H,12-13,16-17H2,1-2H3,(H,25,28)/t22-/m0/s1. The minimum atomic E-state index is -3.71. The first-order chi connectivity index (χ1) is 15.4. The summed E-state index contributed by atoms with van der Waals surface area (Å²) in [6.45, 7) is 1.09. The monoisotopic (exact) mass is 453 g/mol. The van der Waals surface area contributed by atoms with Gasteiger partial charge in [0.1, 0.15) is 5.76 Å². The molecular weight excluding hydrogens is 426 g/mol. The number of nitrogens with zero attached hydrogens (tertiary/aromatic N) is 2. The molecule has 8 heteroatoms. The van der Waals surface area contributed by atoms with Gasteiger partial charge in [-0.2, -0.15) is 4.31 Å². The molecule has 3 aromatic rings. The molecule has 0 saturated carbocycles. The molecule has 32 heavy (non-hydrogen) atoms. The number of likely N-dealkylation sites (N-methyl/N-ethyl adjacent to an activating group) is 1. The van der Waals surface area contributed by atoms with Gasteiger partial charge in [0.05, 0.1) is 17.2 Å². The first-order valence-electron chi connectivity index (χ1n) is 10.5. The molecule has 4 rings (SSSR count). The molecule has 2 heterocycles. The summed E-state index contributed by atoms with van der Waals surface area (Å²) in [6, 6.07) is 17.6. The van der Waals surface area contributed by atoms with Gasteiger partial charge in [-0.1, -0.05) is 30.3 Å². The number of amides is 1. The Kier molecular flexibility index (Phi) is 6.45. The van der Waals surface area contributed by atoms with Gasteiger partial charge in [-0.05, 0) is 62.0 Å². The second-order valence-electron chi connectivity index (χ2n) is 8.09. The summed E-state index contributed by atoms with van der Waals surface area (Å²) in [7, 11) is 0.101. The maximum absolute atomic E-state index is 13.3. The van der Waals surface area contributed by atoms with Crippen LogP contribution < -0.4 is 5.32 Å². The first kappa shape index (κ1) is 22.3. The lowest BCUT2D eigenvalue weighted by Crippen LogP contribution is -2.36. The van der Waals surface area contributed by atoms with E-state index in [1.807, 2.05) is 49.3 Å². The van der Waals surface area contributed by atoms with E-state index >= 15 is 0 Å². The van der Waals surface area contributed by atoms with Crippen molar-refractivity contribution in [1.29, 1.82) is 0 Å². The minimum absolute atomic E-state index is 0.125. The average molecular weight is 454 g/mol. The molecule has 2 aromatic carbocycles. The fraction of sp³-hybridized carbons (Fsp3) is 0.292. The maximum Gasteiger partial charge on any atom is 0.251 e. The van der Waals surface area contributed by atoms with Crippen molar-refractivity contribution < 1.29 is 17.6 Å². The van der Waals surface area contributed by atoms with Gasteiger partial charge in [-0.3, -0.25) is 9.69 Å². The summed E-state index contributed by atoms with van der Waals surface area (Å²) in [5, 5.41) is 2.89. The number of carbonyl (C=O) groups is 1. The molecule has 0 spiro atoms. The third kappa shape index (κ3) is 4.62. The lowest BCUT2D eigenvalue weighted by atomic mass is 10.0. The van der Waals surface area contributed by atoms with Crippen LogP contribution in [0, 0.1) is 0 Å². The van der Waals surface area contributed by atoms with Crippen LogP contribution in [0.2, 0.25) is 0 Å². The highest BCUT2D eigenvalue weighted by atomic mass is 32.2. The zero-order valence-electron chi connectivity index (χ0n) is 18.2. The van der Waals surface area contributed by atoms with Crippen molar-refractivity contribution in [3.05, 3.63) is 89.4 Å². The van der Waals surface area contributed by atoms with Gasteiger partial charge in [0, 0.05) is 25.2 Å². The largest absolute Gasteiger partial charge is 0.468 e. The van der Waals surface area contributed by atoms with E-state index < -0.39 is 10.0 Å². The summed E-state index contributed by atoms with van der Waals surface area (Å²) >= 11 is 0. The normalized spacial score (nSPS) is 15.3. The Balaban J connectivity index is 1.48. The smallest absolute Gasteiger partial charge is 0.251 e. The Morgan fingerprint density at radius 2 is 1.88 bits per heavy atom. The molecule has 1 aliphatic heterocycles. The molecule has 1 aliphatic rings.